The molecule has 1 aromatic heterocycles. The first-order valence-corrected chi connectivity index (χ1v) is 13.9. The van der Waals surface area contributed by atoms with Crippen molar-refractivity contribution in [2.75, 3.05) is 6.61 Å². The summed E-state index contributed by atoms with van der Waals surface area (Å²) in [6, 6.07) is 7.85. The molecule has 5 heteroatoms. The summed E-state index contributed by atoms with van der Waals surface area (Å²) < 4.78 is 16.4. The molecule has 1 N–H and O–H groups in total. The van der Waals surface area contributed by atoms with Gasteiger partial charge in [0.1, 0.15) is 11.5 Å². The van der Waals surface area contributed by atoms with Crippen LogP contribution in [0, 0.1) is 6.92 Å². The summed E-state index contributed by atoms with van der Waals surface area (Å²) in [6.07, 6.45) is 7.59. The van der Waals surface area contributed by atoms with Crippen LogP contribution in [0.1, 0.15) is 110 Å². The maximum absolute atomic E-state index is 10.7. The molecule has 2 rings (SSSR count). The minimum absolute atomic E-state index is 0.147. The average Bonchev–Trinajstić information content (AvgIpc) is 3.38. The first-order valence-electron chi connectivity index (χ1n) is 13.9. The summed E-state index contributed by atoms with van der Waals surface area (Å²) in [5, 5.41) is 8.78. The van der Waals surface area contributed by atoms with Gasteiger partial charge in [-0.2, -0.15) is 0 Å². The molecule has 0 aliphatic heterocycles. The zero-order valence-corrected chi connectivity index (χ0v) is 27.1. The van der Waals surface area contributed by atoms with Crippen molar-refractivity contribution in [3.05, 3.63) is 102 Å². The number of carboxylic acid groups (broad SMARTS) is 1. The monoisotopic (exact) mass is 556 g/mol. The fraction of sp³-hybridized carbons (Fsp3) is 0.457. The molecule has 0 aliphatic carbocycles. The zero-order valence-electron chi connectivity index (χ0n) is 27.1. The van der Waals surface area contributed by atoms with Crippen LogP contribution in [0.5, 0.6) is 5.75 Å². The second kappa shape index (κ2) is 25.8. The lowest BCUT2D eigenvalue weighted by Crippen LogP contribution is -2.09. The number of ether oxygens (including phenoxy) is 2. The van der Waals surface area contributed by atoms with Gasteiger partial charge >= 0.3 is 5.97 Å². The van der Waals surface area contributed by atoms with Gasteiger partial charge in [0.25, 0.3) is 0 Å². The van der Waals surface area contributed by atoms with E-state index in [1.165, 1.54) is 11.1 Å². The fourth-order valence-corrected chi connectivity index (χ4v) is 2.97. The van der Waals surface area contributed by atoms with Gasteiger partial charge < -0.3 is 19.0 Å². The first kappa shape index (κ1) is 41.0. The van der Waals surface area contributed by atoms with Crippen LogP contribution in [0.3, 0.4) is 0 Å². The number of hydrogen-bond acceptors (Lipinski definition) is 4. The molecule has 40 heavy (non-hydrogen) atoms. The van der Waals surface area contributed by atoms with Crippen molar-refractivity contribution < 1.29 is 23.8 Å². The Morgan fingerprint density at radius 3 is 2.02 bits per heavy atom. The van der Waals surface area contributed by atoms with Gasteiger partial charge in [-0.3, -0.25) is 4.79 Å². The van der Waals surface area contributed by atoms with E-state index < -0.39 is 5.97 Å². The number of rotatable bonds is 10. The lowest BCUT2D eigenvalue weighted by molar-refractivity contribution is -0.136. The van der Waals surface area contributed by atoms with Gasteiger partial charge in [-0.1, -0.05) is 65.0 Å². The number of carboxylic acids is 1. The quantitative estimate of drug-likeness (QED) is 0.233. The molecule has 0 bridgehead atoms. The van der Waals surface area contributed by atoms with E-state index in [0.717, 1.165) is 28.4 Å². The molecular formula is C35H56O5. The third-order valence-corrected chi connectivity index (χ3v) is 4.62. The van der Waals surface area contributed by atoms with Crippen LogP contribution in [0.4, 0.5) is 0 Å². The summed E-state index contributed by atoms with van der Waals surface area (Å²) in [4.78, 5) is 10.7. The van der Waals surface area contributed by atoms with Crippen LogP contribution in [-0.2, 0) is 16.0 Å². The number of aliphatic carboxylic acids is 1. The molecule has 0 radical (unpaired) electrons. The Morgan fingerprint density at radius 2 is 1.62 bits per heavy atom. The van der Waals surface area contributed by atoms with Crippen molar-refractivity contribution in [2.45, 2.75) is 101 Å². The number of allylic oxidation sites excluding steroid dienone is 4. The molecule has 0 saturated carbocycles. The molecular weight excluding hydrogens is 500 g/mol. The Hall–Kier alpha value is -3.47. The third kappa shape index (κ3) is 22.5. The highest BCUT2D eigenvalue weighted by molar-refractivity contribution is 5.67. The van der Waals surface area contributed by atoms with Gasteiger partial charge in [-0.05, 0) is 88.8 Å². The van der Waals surface area contributed by atoms with Crippen molar-refractivity contribution in [3.63, 3.8) is 0 Å². The summed E-state index contributed by atoms with van der Waals surface area (Å²) in [5.41, 5.74) is 4.50. The van der Waals surface area contributed by atoms with Crippen molar-refractivity contribution in [1.29, 1.82) is 0 Å². The highest BCUT2D eigenvalue weighted by Gasteiger charge is 2.17. The SMILES string of the molecule is C=C(C)C.C=C(C)O/C=C/C.C=CC.CC.Cc1cc(OCC(C)c2occc2C(C)C)ccc1CCC(=O)O. The smallest absolute Gasteiger partial charge is 0.303 e. The third-order valence-electron chi connectivity index (χ3n) is 4.62. The minimum Gasteiger partial charge on any atom is -0.493 e. The maximum atomic E-state index is 10.7. The van der Waals surface area contributed by atoms with Gasteiger partial charge in [-0.25, -0.2) is 0 Å². The average molecular weight is 557 g/mol. The molecule has 0 fully saturated rings. The van der Waals surface area contributed by atoms with E-state index in [1.807, 2.05) is 78.8 Å². The van der Waals surface area contributed by atoms with Gasteiger partial charge in [0.15, 0.2) is 0 Å². The molecule has 5 nitrogen and oxygen atoms in total. The van der Waals surface area contributed by atoms with Crippen molar-refractivity contribution >= 4 is 5.97 Å². The molecule has 2 aromatic rings. The van der Waals surface area contributed by atoms with Gasteiger partial charge in [0.2, 0.25) is 0 Å². The Labute approximate surface area is 245 Å². The van der Waals surface area contributed by atoms with E-state index in [1.54, 1.807) is 25.5 Å². The topological polar surface area (TPSA) is 68.9 Å². The summed E-state index contributed by atoms with van der Waals surface area (Å²) in [6.45, 7) is 32.9. The summed E-state index contributed by atoms with van der Waals surface area (Å²) in [7, 11) is 0. The molecule has 1 aromatic carbocycles. The standard InChI is InChI=1S/C20H26O4.C6H10O.C4H8.C3H6.C2H6/c1-13(2)18-9-10-23-20(18)15(4)12-24-17-7-5-16(14(3)11-17)6-8-19(21)22;1-4-5-7-6(2)3;1-4(2)3;1-3-2;1-2/h5,7,9-11,13,15H,6,8,12H2,1-4H3,(H,21,22);4-5H,2H2,1,3H3;1H2,2-3H3;3H,1H2,2H3;1-2H3/b;5-4+;;;. The minimum atomic E-state index is -0.775. The second-order valence-corrected chi connectivity index (χ2v) is 9.49. The maximum Gasteiger partial charge on any atom is 0.303 e. The van der Waals surface area contributed by atoms with Crippen LogP contribution in [-0.4, -0.2) is 17.7 Å². The second-order valence-electron chi connectivity index (χ2n) is 9.49. The number of furan rings is 1. The normalized spacial score (nSPS) is 10.2. The fourth-order valence-electron chi connectivity index (χ4n) is 2.97. The van der Waals surface area contributed by atoms with Crippen LogP contribution < -0.4 is 4.74 Å². The van der Waals surface area contributed by atoms with E-state index in [2.05, 4.69) is 40.5 Å². The Morgan fingerprint density at radius 1 is 1.07 bits per heavy atom. The van der Waals surface area contributed by atoms with E-state index in [4.69, 9.17) is 19.0 Å². The Balaban J connectivity index is -0.000000706. The Kier molecular flexibility index (Phi) is 26.4. The summed E-state index contributed by atoms with van der Waals surface area (Å²) >= 11 is 0. The highest BCUT2D eigenvalue weighted by Crippen LogP contribution is 2.28. The number of benzene rings is 1. The number of aryl methyl sites for hydroxylation is 2. The zero-order chi connectivity index (χ0) is 31.7. The number of hydrogen-bond donors (Lipinski definition) is 1. The van der Waals surface area contributed by atoms with Crippen LogP contribution >= 0.6 is 0 Å². The molecule has 1 heterocycles. The lowest BCUT2D eigenvalue weighted by Gasteiger charge is -2.15. The molecule has 1 atom stereocenters. The molecule has 0 saturated heterocycles. The van der Waals surface area contributed by atoms with Gasteiger partial charge in [-0.15, -0.1) is 13.2 Å². The van der Waals surface area contributed by atoms with Crippen LogP contribution in [0.2, 0.25) is 0 Å². The van der Waals surface area contributed by atoms with Gasteiger partial charge in [0.05, 0.1) is 24.9 Å². The lowest BCUT2D eigenvalue weighted by atomic mass is 9.98. The molecule has 0 aliphatic rings. The van der Waals surface area contributed by atoms with Crippen molar-refractivity contribution in [1.82, 2.24) is 0 Å². The van der Waals surface area contributed by atoms with Crippen molar-refractivity contribution in [3.8, 4) is 5.75 Å². The first-order chi connectivity index (χ1) is 18.8. The number of carbonyl (C=O) groups is 1. The van der Waals surface area contributed by atoms with E-state index >= 15 is 0 Å². The van der Waals surface area contributed by atoms with E-state index in [9.17, 15) is 4.79 Å². The molecule has 0 spiro atoms. The van der Waals surface area contributed by atoms with E-state index in [0.29, 0.717) is 18.9 Å². The molecule has 0 amide bonds. The highest BCUT2D eigenvalue weighted by atomic mass is 16.5. The van der Waals surface area contributed by atoms with Crippen molar-refractivity contribution in [2.24, 2.45) is 0 Å². The van der Waals surface area contributed by atoms with Crippen LogP contribution in [0.25, 0.3) is 0 Å². The van der Waals surface area contributed by atoms with Crippen LogP contribution in [0.15, 0.2) is 84.4 Å². The largest absolute Gasteiger partial charge is 0.493 e. The van der Waals surface area contributed by atoms with E-state index in [-0.39, 0.29) is 12.3 Å². The summed E-state index contributed by atoms with van der Waals surface area (Å²) in [5.74, 6) is 2.33. The molecule has 1 unspecified atom stereocenters. The predicted molar refractivity (Wildman–Crippen MR) is 172 cm³/mol. The Bertz CT molecular complexity index is 991. The van der Waals surface area contributed by atoms with Gasteiger partial charge in [0, 0.05) is 12.3 Å². The predicted octanol–water partition coefficient (Wildman–Crippen LogP) is 10.8. The molecule has 226 valence electrons.